The van der Waals surface area contributed by atoms with Gasteiger partial charge in [0, 0.05) is 48.5 Å². The van der Waals surface area contributed by atoms with Gasteiger partial charge in [0.2, 0.25) is 0 Å². The van der Waals surface area contributed by atoms with Crippen molar-refractivity contribution in [1.82, 2.24) is 10.1 Å². The minimum atomic E-state index is -0.433. The SMILES string of the molecule is CC1(C)CC(OC(=O)CCC=O)CC(C)(C)N1O.COC1CC(C)(C)N(O)C(C)(C)C1. The maximum Gasteiger partial charge on any atom is 0.306 e. The van der Waals surface area contributed by atoms with Crippen molar-refractivity contribution in [2.24, 2.45) is 0 Å². The maximum atomic E-state index is 11.5. The number of carbonyl (C=O) groups excluding carboxylic acids is 2. The van der Waals surface area contributed by atoms with Gasteiger partial charge in [0.25, 0.3) is 0 Å². The average Bonchev–Trinajstić information content (AvgIpc) is 2.62. The van der Waals surface area contributed by atoms with Gasteiger partial charge in [-0.2, -0.15) is 10.1 Å². The number of rotatable bonds is 5. The number of methoxy groups -OCH3 is 1. The Bertz CT molecular complexity index is 581. The fourth-order valence-corrected chi connectivity index (χ4v) is 5.03. The van der Waals surface area contributed by atoms with Crippen LogP contribution in [-0.2, 0) is 19.1 Å². The predicted molar refractivity (Wildman–Crippen MR) is 118 cm³/mol. The molecule has 0 bridgehead atoms. The Morgan fingerprint density at radius 2 is 1.19 bits per heavy atom. The molecule has 0 aromatic heterocycles. The van der Waals surface area contributed by atoms with Crippen molar-refractivity contribution in [2.75, 3.05) is 7.11 Å². The number of nitrogens with zero attached hydrogens (tertiary/aromatic N) is 2. The first-order valence-electron chi connectivity index (χ1n) is 11.1. The predicted octanol–water partition coefficient (Wildman–Crippen LogP) is 3.96. The van der Waals surface area contributed by atoms with Gasteiger partial charge in [-0.05, 0) is 68.2 Å². The number of ether oxygens (including phenoxy) is 2. The summed E-state index contributed by atoms with van der Waals surface area (Å²) in [6.45, 7) is 15.8. The van der Waals surface area contributed by atoms with Crippen molar-refractivity contribution >= 4 is 12.3 Å². The van der Waals surface area contributed by atoms with Gasteiger partial charge in [0.1, 0.15) is 12.4 Å². The van der Waals surface area contributed by atoms with Crippen LogP contribution in [0.3, 0.4) is 0 Å². The molecule has 8 heteroatoms. The Labute approximate surface area is 187 Å². The highest BCUT2D eigenvalue weighted by molar-refractivity contribution is 5.72. The van der Waals surface area contributed by atoms with E-state index >= 15 is 0 Å². The van der Waals surface area contributed by atoms with Crippen LogP contribution < -0.4 is 0 Å². The molecule has 2 saturated heterocycles. The van der Waals surface area contributed by atoms with Gasteiger partial charge < -0.3 is 24.7 Å². The number of hydrogen-bond donors (Lipinski definition) is 2. The van der Waals surface area contributed by atoms with E-state index in [1.165, 1.54) is 10.1 Å². The molecule has 2 rings (SSSR count). The second-order valence-corrected chi connectivity index (χ2v) is 11.4. The summed E-state index contributed by atoms with van der Waals surface area (Å²) >= 11 is 0. The Morgan fingerprint density at radius 1 is 0.839 bits per heavy atom. The second kappa shape index (κ2) is 10.3. The van der Waals surface area contributed by atoms with Crippen LogP contribution in [0.15, 0.2) is 0 Å². The number of carbonyl (C=O) groups is 2. The molecule has 8 nitrogen and oxygen atoms in total. The summed E-state index contributed by atoms with van der Waals surface area (Å²) in [5.74, 6) is -0.343. The van der Waals surface area contributed by atoms with Gasteiger partial charge in [-0.1, -0.05) is 0 Å². The fraction of sp³-hybridized carbons (Fsp3) is 0.913. The van der Waals surface area contributed by atoms with E-state index in [-0.39, 0.29) is 42.1 Å². The number of piperidine rings is 2. The molecule has 0 radical (unpaired) electrons. The lowest BCUT2D eigenvalue weighted by Crippen LogP contribution is -2.60. The number of esters is 1. The molecular formula is C23H44N2O6. The van der Waals surface area contributed by atoms with Crippen LogP contribution in [0.2, 0.25) is 0 Å². The molecule has 0 aliphatic carbocycles. The van der Waals surface area contributed by atoms with E-state index in [9.17, 15) is 20.0 Å². The van der Waals surface area contributed by atoms with E-state index in [4.69, 9.17) is 9.47 Å². The molecule has 0 aromatic rings. The van der Waals surface area contributed by atoms with E-state index in [0.717, 1.165) is 12.8 Å². The minimum absolute atomic E-state index is 0.129. The standard InChI is InChI=1S/C13H23NO4.C10H21NO2/c1-12(2)8-10(9-13(3,4)14(12)17)18-11(16)6-5-7-15;1-9(2)6-8(13-5)7-10(3,4)11(9)12/h7,10,17H,5-6,8-9H2,1-4H3;8,12H,6-7H2,1-5H3. The highest BCUT2D eigenvalue weighted by Crippen LogP contribution is 2.38. The van der Waals surface area contributed by atoms with Gasteiger partial charge in [0.05, 0.1) is 12.5 Å². The fourth-order valence-electron chi connectivity index (χ4n) is 5.03. The molecule has 31 heavy (non-hydrogen) atoms. The van der Waals surface area contributed by atoms with Crippen molar-refractivity contribution in [3.05, 3.63) is 0 Å². The van der Waals surface area contributed by atoms with Gasteiger partial charge in [-0.15, -0.1) is 0 Å². The highest BCUT2D eigenvalue weighted by atomic mass is 16.5. The van der Waals surface area contributed by atoms with E-state index in [1.54, 1.807) is 7.11 Å². The first kappa shape index (κ1) is 28.0. The average molecular weight is 445 g/mol. The molecule has 0 spiro atoms. The van der Waals surface area contributed by atoms with E-state index < -0.39 is 11.1 Å². The molecule has 2 aliphatic rings. The zero-order valence-electron chi connectivity index (χ0n) is 20.9. The summed E-state index contributed by atoms with van der Waals surface area (Å²) < 4.78 is 10.8. The lowest BCUT2D eigenvalue weighted by Gasteiger charge is -2.51. The van der Waals surface area contributed by atoms with Crippen LogP contribution in [0.1, 0.15) is 93.9 Å². The molecule has 0 amide bonds. The van der Waals surface area contributed by atoms with Crippen molar-refractivity contribution < 1.29 is 29.5 Å². The van der Waals surface area contributed by atoms with Crippen molar-refractivity contribution in [3.63, 3.8) is 0 Å². The monoisotopic (exact) mass is 444 g/mol. The Morgan fingerprint density at radius 3 is 1.52 bits per heavy atom. The number of hydroxylamine groups is 4. The molecule has 182 valence electrons. The molecule has 0 aromatic carbocycles. The lowest BCUT2D eigenvalue weighted by atomic mass is 9.80. The van der Waals surface area contributed by atoms with Crippen LogP contribution in [0, 0.1) is 0 Å². The third-order valence-corrected chi connectivity index (χ3v) is 6.30. The normalized spacial score (nSPS) is 25.9. The van der Waals surface area contributed by atoms with Gasteiger partial charge >= 0.3 is 5.97 Å². The molecule has 0 unspecified atom stereocenters. The lowest BCUT2D eigenvalue weighted by molar-refractivity contribution is -0.259. The van der Waals surface area contributed by atoms with E-state index in [0.29, 0.717) is 19.1 Å². The minimum Gasteiger partial charge on any atom is -0.462 e. The molecule has 2 fully saturated rings. The van der Waals surface area contributed by atoms with Gasteiger partial charge in [-0.25, -0.2) is 0 Å². The summed E-state index contributed by atoms with van der Waals surface area (Å²) in [6.07, 6.45) is 4.01. The molecule has 2 heterocycles. The first-order chi connectivity index (χ1) is 14.0. The zero-order valence-corrected chi connectivity index (χ0v) is 20.9. The Balaban J connectivity index is 0.000000327. The summed E-state index contributed by atoms with van der Waals surface area (Å²) in [4.78, 5) is 21.7. The van der Waals surface area contributed by atoms with Crippen molar-refractivity contribution in [2.45, 2.75) is 128 Å². The van der Waals surface area contributed by atoms with Crippen LogP contribution in [0.25, 0.3) is 0 Å². The summed E-state index contributed by atoms with van der Waals surface area (Å²) in [5, 5.41) is 22.9. The molecular weight excluding hydrogens is 400 g/mol. The third kappa shape index (κ3) is 7.49. The van der Waals surface area contributed by atoms with Crippen molar-refractivity contribution in [3.8, 4) is 0 Å². The zero-order chi connectivity index (χ0) is 24.3. The molecule has 2 N–H and O–H groups in total. The van der Waals surface area contributed by atoms with Crippen LogP contribution in [-0.4, -0.2) is 74.3 Å². The van der Waals surface area contributed by atoms with Crippen molar-refractivity contribution in [1.29, 1.82) is 0 Å². The summed E-state index contributed by atoms with van der Waals surface area (Å²) in [5.41, 5.74) is -1.25. The summed E-state index contributed by atoms with van der Waals surface area (Å²) in [7, 11) is 1.74. The number of hydrogen-bond acceptors (Lipinski definition) is 8. The van der Waals surface area contributed by atoms with Crippen LogP contribution in [0.5, 0.6) is 0 Å². The smallest absolute Gasteiger partial charge is 0.306 e. The Kier molecular flexibility index (Phi) is 9.25. The summed E-state index contributed by atoms with van der Waals surface area (Å²) in [6, 6.07) is 0. The highest BCUT2D eigenvalue weighted by Gasteiger charge is 2.46. The Hall–Kier alpha value is -1.06. The third-order valence-electron chi connectivity index (χ3n) is 6.30. The van der Waals surface area contributed by atoms with Gasteiger partial charge in [0.15, 0.2) is 0 Å². The molecule has 0 saturated carbocycles. The van der Waals surface area contributed by atoms with E-state index in [1.807, 2.05) is 55.4 Å². The largest absolute Gasteiger partial charge is 0.462 e. The van der Waals surface area contributed by atoms with E-state index in [2.05, 4.69) is 0 Å². The topological polar surface area (TPSA) is 99.5 Å². The molecule has 2 aliphatic heterocycles. The second-order valence-electron chi connectivity index (χ2n) is 11.4. The number of aldehydes is 1. The maximum absolute atomic E-state index is 11.5. The van der Waals surface area contributed by atoms with Crippen LogP contribution >= 0.6 is 0 Å². The van der Waals surface area contributed by atoms with Crippen LogP contribution in [0.4, 0.5) is 0 Å². The van der Waals surface area contributed by atoms with Gasteiger partial charge in [-0.3, -0.25) is 4.79 Å². The quantitative estimate of drug-likeness (QED) is 0.485. The molecule has 0 atom stereocenters. The first-order valence-corrected chi connectivity index (χ1v) is 11.1.